The lowest BCUT2D eigenvalue weighted by molar-refractivity contribution is -0.166. The number of thiophene rings is 1. The van der Waals surface area contributed by atoms with Gasteiger partial charge in [0.1, 0.15) is 28.4 Å². The van der Waals surface area contributed by atoms with E-state index in [1.165, 1.54) is 29.9 Å². The fraction of sp³-hybridized carbons (Fsp3) is 0.320. The number of pyridine rings is 2. The number of aromatic amines is 1. The van der Waals surface area contributed by atoms with Crippen LogP contribution in [-0.2, 0) is 13.0 Å². The zero-order valence-corrected chi connectivity index (χ0v) is 21.5. The Labute approximate surface area is 213 Å². The molecular weight excluding hydrogens is 509 g/mol. The SMILES string of the molecule is CCNC(=O)c1cc2c(-c3sc(C(F)(F)C(C)(C)O)cc3Oc3ncc(F)cc3C)cn(C)c(=O)c2[nH]1. The molecule has 0 radical (unpaired) electrons. The zero-order chi connectivity index (χ0) is 27.3. The summed E-state index contributed by atoms with van der Waals surface area (Å²) in [5.41, 5.74) is -1.92. The summed E-state index contributed by atoms with van der Waals surface area (Å²) < 4.78 is 51.2. The Morgan fingerprint density at radius 1 is 1.30 bits per heavy atom. The maximum atomic E-state index is 15.2. The fourth-order valence-corrected chi connectivity index (χ4v) is 4.96. The van der Waals surface area contributed by atoms with Crippen molar-refractivity contribution in [3.63, 3.8) is 0 Å². The van der Waals surface area contributed by atoms with Crippen molar-refractivity contribution in [1.29, 1.82) is 0 Å². The minimum Gasteiger partial charge on any atom is -0.437 e. The summed E-state index contributed by atoms with van der Waals surface area (Å²) in [5.74, 6) is -4.73. The number of H-pyrrole nitrogens is 1. The Bertz CT molecular complexity index is 1570. The van der Waals surface area contributed by atoms with E-state index in [1.807, 2.05) is 0 Å². The Morgan fingerprint density at radius 3 is 2.62 bits per heavy atom. The molecule has 196 valence electrons. The first-order valence-corrected chi connectivity index (χ1v) is 12.1. The van der Waals surface area contributed by atoms with E-state index in [-0.39, 0.29) is 27.7 Å². The minimum atomic E-state index is -3.66. The first-order chi connectivity index (χ1) is 17.2. The number of fused-ring (bicyclic) bond motifs is 1. The van der Waals surface area contributed by atoms with Gasteiger partial charge in [-0.3, -0.25) is 9.59 Å². The summed E-state index contributed by atoms with van der Waals surface area (Å²) in [6.07, 6.45) is 2.39. The molecule has 0 aliphatic rings. The van der Waals surface area contributed by atoms with Crippen LogP contribution in [0.2, 0.25) is 0 Å². The first kappa shape index (κ1) is 26.4. The van der Waals surface area contributed by atoms with E-state index < -0.39 is 33.7 Å². The molecule has 8 nitrogen and oxygen atoms in total. The van der Waals surface area contributed by atoms with Crippen LogP contribution in [0.3, 0.4) is 0 Å². The molecular formula is C25H25F3N4O4S. The third kappa shape index (κ3) is 4.74. The van der Waals surface area contributed by atoms with Crippen molar-refractivity contribution in [2.45, 2.75) is 39.2 Å². The Kier molecular flexibility index (Phi) is 6.67. The van der Waals surface area contributed by atoms with Gasteiger partial charge in [-0.25, -0.2) is 9.37 Å². The number of carbonyl (C=O) groups excluding carboxylic acids is 1. The predicted molar refractivity (Wildman–Crippen MR) is 134 cm³/mol. The van der Waals surface area contributed by atoms with Gasteiger partial charge in [0.2, 0.25) is 5.88 Å². The predicted octanol–water partition coefficient (Wildman–Crippen LogP) is 4.84. The molecule has 0 aromatic carbocycles. The van der Waals surface area contributed by atoms with E-state index >= 15 is 8.78 Å². The summed E-state index contributed by atoms with van der Waals surface area (Å²) >= 11 is 0.665. The molecule has 4 rings (SSSR count). The number of alkyl halides is 2. The number of rotatable bonds is 7. The number of aromatic nitrogens is 3. The quantitative estimate of drug-likeness (QED) is 0.314. The highest BCUT2D eigenvalue weighted by Gasteiger charge is 2.49. The molecule has 4 aromatic rings. The smallest absolute Gasteiger partial charge is 0.309 e. The number of ether oxygens (including phenoxy) is 1. The molecule has 0 bridgehead atoms. The van der Waals surface area contributed by atoms with E-state index in [0.717, 1.165) is 26.1 Å². The van der Waals surface area contributed by atoms with E-state index in [2.05, 4.69) is 15.3 Å². The molecule has 0 atom stereocenters. The maximum absolute atomic E-state index is 15.2. The van der Waals surface area contributed by atoms with Crippen LogP contribution in [0.15, 0.2) is 35.4 Å². The lowest BCUT2D eigenvalue weighted by Gasteiger charge is -2.27. The third-order valence-corrected chi connectivity index (χ3v) is 6.99. The van der Waals surface area contributed by atoms with Crippen LogP contribution < -0.4 is 15.6 Å². The van der Waals surface area contributed by atoms with Crippen molar-refractivity contribution < 1.29 is 27.8 Å². The van der Waals surface area contributed by atoms with Gasteiger partial charge in [-0.1, -0.05) is 0 Å². The highest BCUT2D eigenvalue weighted by molar-refractivity contribution is 7.16. The van der Waals surface area contributed by atoms with Crippen molar-refractivity contribution in [1.82, 2.24) is 19.9 Å². The number of nitrogens with zero attached hydrogens (tertiary/aromatic N) is 2. The largest absolute Gasteiger partial charge is 0.437 e. The highest BCUT2D eigenvalue weighted by Crippen LogP contribution is 2.50. The third-order valence-electron chi connectivity index (χ3n) is 5.77. The van der Waals surface area contributed by atoms with Gasteiger partial charge >= 0.3 is 5.92 Å². The highest BCUT2D eigenvalue weighted by atomic mass is 32.1. The average molecular weight is 535 g/mol. The van der Waals surface area contributed by atoms with E-state index in [9.17, 15) is 19.1 Å². The second-order valence-corrected chi connectivity index (χ2v) is 10.2. The minimum absolute atomic E-state index is 0.00304. The molecule has 0 aliphatic carbocycles. The summed E-state index contributed by atoms with van der Waals surface area (Å²) in [5, 5.41) is 13.1. The van der Waals surface area contributed by atoms with Crippen molar-refractivity contribution >= 4 is 28.1 Å². The molecule has 4 aromatic heterocycles. The average Bonchev–Trinajstić information content (AvgIpc) is 3.43. The van der Waals surface area contributed by atoms with E-state index in [4.69, 9.17) is 4.74 Å². The molecule has 0 unspecified atom stereocenters. The zero-order valence-electron chi connectivity index (χ0n) is 20.7. The molecule has 0 fully saturated rings. The summed E-state index contributed by atoms with van der Waals surface area (Å²) in [7, 11) is 1.49. The molecule has 1 amide bonds. The lowest BCUT2D eigenvalue weighted by atomic mass is 9.99. The number of nitrogens with one attached hydrogen (secondary N) is 2. The monoisotopic (exact) mass is 534 g/mol. The van der Waals surface area contributed by atoms with Crippen molar-refractivity contribution in [3.8, 4) is 22.1 Å². The van der Waals surface area contributed by atoms with Gasteiger partial charge in [0.15, 0.2) is 0 Å². The first-order valence-electron chi connectivity index (χ1n) is 11.3. The Hall–Kier alpha value is -3.64. The molecule has 12 heteroatoms. The van der Waals surface area contributed by atoms with Crippen LogP contribution in [0.1, 0.15) is 41.7 Å². The van der Waals surface area contributed by atoms with Crippen molar-refractivity contribution in [2.75, 3.05) is 6.54 Å². The maximum Gasteiger partial charge on any atom is 0.309 e. The van der Waals surface area contributed by atoms with Gasteiger partial charge in [0.05, 0.1) is 16.0 Å². The van der Waals surface area contributed by atoms with Crippen LogP contribution in [-0.4, -0.2) is 37.7 Å². The van der Waals surface area contributed by atoms with Gasteiger partial charge in [0.25, 0.3) is 11.5 Å². The Balaban J connectivity index is 1.98. The number of hydrogen-bond acceptors (Lipinski definition) is 6. The molecule has 0 aliphatic heterocycles. The number of amides is 1. The number of halogens is 3. The molecule has 3 N–H and O–H groups in total. The topological polar surface area (TPSA) is 109 Å². The summed E-state index contributed by atoms with van der Waals surface area (Å²) in [6, 6.07) is 3.75. The molecule has 0 saturated carbocycles. The van der Waals surface area contributed by atoms with Gasteiger partial charge in [0, 0.05) is 42.4 Å². The summed E-state index contributed by atoms with van der Waals surface area (Å²) in [4.78, 5) is 31.7. The van der Waals surface area contributed by atoms with Crippen molar-refractivity contribution in [2.24, 2.45) is 7.05 Å². The number of hydrogen-bond donors (Lipinski definition) is 3. The number of aryl methyl sites for hydroxylation is 2. The van der Waals surface area contributed by atoms with Gasteiger partial charge < -0.3 is 24.7 Å². The Morgan fingerprint density at radius 2 is 2.00 bits per heavy atom. The van der Waals surface area contributed by atoms with Crippen LogP contribution in [0, 0.1) is 12.7 Å². The fourth-order valence-electron chi connectivity index (χ4n) is 3.73. The summed E-state index contributed by atoms with van der Waals surface area (Å²) in [6.45, 7) is 5.65. The molecule has 0 saturated heterocycles. The second-order valence-electron chi connectivity index (χ2n) is 9.11. The standard InChI is InChI=1S/C25H25F3N4O4S/c1-6-29-21(33)16-8-14-15(11-32(5)23(34)19(14)31-16)20-17(36-22-12(2)7-13(26)10-30-22)9-18(37-20)25(27,28)24(3,4)35/h7-11,31,35H,6H2,1-5H3,(H,29,33). The van der Waals surface area contributed by atoms with Crippen LogP contribution >= 0.6 is 11.3 Å². The second kappa shape index (κ2) is 9.34. The molecule has 4 heterocycles. The number of aliphatic hydroxyl groups is 1. The lowest BCUT2D eigenvalue weighted by Crippen LogP contribution is -2.39. The van der Waals surface area contributed by atoms with Crippen molar-refractivity contribution in [3.05, 3.63) is 62.9 Å². The molecule has 37 heavy (non-hydrogen) atoms. The van der Waals surface area contributed by atoms with Crippen LogP contribution in [0.4, 0.5) is 13.2 Å². The van der Waals surface area contributed by atoms with Crippen LogP contribution in [0.5, 0.6) is 11.6 Å². The normalized spacial score (nSPS) is 12.2. The van der Waals surface area contributed by atoms with E-state index in [1.54, 1.807) is 13.8 Å². The van der Waals surface area contributed by atoms with Gasteiger partial charge in [-0.2, -0.15) is 8.78 Å². The van der Waals surface area contributed by atoms with Gasteiger partial charge in [-0.05, 0) is 39.8 Å². The molecule has 0 spiro atoms. The van der Waals surface area contributed by atoms with E-state index in [0.29, 0.717) is 34.4 Å². The van der Waals surface area contributed by atoms with Crippen LogP contribution in [0.25, 0.3) is 21.3 Å². The van der Waals surface area contributed by atoms with Gasteiger partial charge in [-0.15, -0.1) is 11.3 Å². The number of carbonyl (C=O) groups is 1.